The molecule has 13 heavy (non-hydrogen) atoms. The Labute approximate surface area is 90.4 Å². The lowest BCUT2D eigenvalue weighted by Crippen LogP contribution is -2.19. The maximum Gasteiger partial charge on any atom is 0.0494 e. The van der Waals surface area contributed by atoms with E-state index in [1.807, 2.05) is 0 Å². The first-order valence-electron chi connectivity index (χ1n) is 5.42. The fraction of sp³-hybridized carbons (Fsp3) is 1.00. The molecule has 2 unspecified atom stereocenters. The fourth-order valence-corrected chi connectivity index (χ4v) is 2.03. The van der Waals surface area contributed by atoms with Crippen molar-refractivity contribution in [1.29, 1.82) is 0 Å². The van der Waals surface area contributed by atoms with E-state index < -0.39 is 0 Å². The maximum atomic E-state index is 5.46. The van der Waals surface area contributed by atoms with Crippen LogP contribution in [-0.2, 0) is 4.74 Å². The van der Waals surface area contributed by atoms with Gasteiger partial charge in [0.15, 0.2) is 0 Å². The van der Waals surface area contributed by atoms with Crippen molar-refractivity contribution in [3.8, 4) is 0 Å². The van der Waals surface area contributed by atoms with Crippen molar-refractivity contribution in [2.45, 2.75) is 44.4 Å². The van der Waals surface area contributed by atoms with E-state index >= 15 is 0 Å². The van der Waals surface area contributed by atoms with Crippen molar-refractivity contribution in [2.24, 2.45) is 11.8 Å². The van der Waals surface area contributed by atoms with Gasteiger partial charge in [-0.1, -0.05) is 29.8 Å². The zero-order valence-electron chi connectivity index (χ0n) is 8.76. The predicted octanol–water partition coefficient (Wildman–Crippen LogP) is 3.61. The number of halogens is 1. The molecule has 1 heterocycles. The molecule has 0 aromatic heterocycles. The van der Waals surface area contributed by atoms with Crippen molar-refractivity contribution in [2.75, 3.05) is 13.2 Å². The largest absolute Gasteiger partial charge is 0.381 e. The molecule has 1 aliphatic rings. The molecule has 2 heteroatoms. The van der Waals surface area contributed by atoms with E-state index in [1.165, 1.54) is 25.7 Å². The molecule has 0 amide bonds. The number of hydrogen-bond donors (Lipinski definition) is 0. The minimum absolute atomic E-state index is 0.689. The Morgan fingerprint density at radius 1 is 1.46 bits per heavy atom. The van der Waals surface area contributed by atoms with E-state index in [4.69, 9.17) is 4.74 Å². The van der Waals surface area contributed by atoms with Crippen molar-refractivity contribution in [3.05, 3.63) is 0 Å². The fourth-order valence-electron chi connectivity index (χ4n) is 1.76. The lowest BCUT2D eigenvalue weighted by atomic mass is 9.94. The summed E-state index contributed by atoms with van der Waals surface area (Å²) in [6.45, 7) is 6.53. The first kappa shape index (κ1) is 11.5. The molecule has 0 radical (unpaired) electrons. The highest BCUT2D eigenvalue weighted by Gasteiger charge is 2.16. The summed E-state index contributed by atoms with van der Waals surface area (Å²) in [7, 11) is 0. The van der Waals surface area contributed by atoms with Crippen LogP contribution in [0.5, 0.6) is 0 Å². The zero-order valence-corrected chi connectivity index (χ0v) is 10.3. The van der Waals surface area contributed by atoms with Crippen LogP contribution in [0.4, 0.5) is 0 Å². The van der Waals surface area contributed by atoms with Crippen LogP contribution in [0.25, 0.3) is 0 Å². The maximum absolute atomic E-state index is 5.46. The molecule has 1 rings (SSSR count). The van der Waals surface area contributed by atoms with Crippen LogP contribution >= 0.6 is 15.9 Å². The monoisotopic (exact) mass is 248 g/mol. The molecule has 1 aliphatic heterocycles. The van der Waals surface area contributed by atoms with E-state index in [2.05, 4.69) is 29.8 Å². The Bertz CT molecular complexity index is 130. The van der Waals surface area contributed by atoms with Gasteiger partial charge in [0.05, 0.1) is 0 Å². The van der Waals surface area contributed by atoms with Crippen LogP contribution < -0.4 is 0 Å². The summed E-state index contributed by atoms with van der Waals surface area (Å²) in [5, 5.41) is 0. The third-order valence-corrected chi connectivity index (χ3v) is 4.34. The molecule has 2 atom stereocenters. The lowest BCUT2D eigenvalue weighted by Gasteiger charge is -2.23. The standard InChI is InChI=1S/C11H21BrO/c1-9(2)11(12)6-5-10-4-3-7-13-8-10/h9-11H,3-8H2,1-2H3. The Kier molecular flexibility index (Phi) is 5.34. The summed E-state index contributed by atoms with van der Waals surface area (Å²) >= 11 is 3.73. The second kappa shape index (κ2) is 6.02. The van der Waals surface area contributed by atoms with Gasteiger partial charge < -0.3 is 4.74 Å². The highest BCUT2D eigenvalue weighted by molar-refractivity contribution is 9.09. The molecule has 1 saturated heterocycles. The van der Waals surface area contributed by atoms with Gasteiger partial charge in [0, 0.05) is 18.0 Å². The van der Waals surface area contributed by atoms with E-state index in [0.29, 0.717) is 4.83 Å². The van der Waals surface area contributed by atoms with Crippen LogP contribution in [0.2, 0.25) is 0 Å². The molecule has 0 bridgehead atoms. The van der Waals surface area contributed by atoms with Gasteiger partial charge in [-0.2, -0.15) is 0 Å². The summed E-state index contributed by atoms with van der Waals surface area (Å²) in [4.78, 5) is 0.689. The normalized spacial score (nSPS) is 26.3. The zero-order chi connectivity index (χ0) is 9.68. The molecule has 0 aromatic carbocycles. The van der Waals surface area contributed by atoms with Crippen molar-refractivity contribution >= 4 is 15.9 Å². The Morgan fingerprint density at radius 2 is 2.23 bits per heavy atom. The summed E-state index contributed by atoms with van der Waals surface area (Å²) in [6.07, 6.45) is 5.26. The highest BCUT2D eigenvalue weighted by Crippen LogP contribution is 2.24. The van der Waals surface area contributed by atoms with E-state index in [0.717, 1.165) is 25.0 Å². The molecule has 0 spiro atoms. The van der Waals surface area contributed by atoms with Crippen LogP contribution in [0, 0.1) is 11.8 Å². The van der Waals surface area contributed by atoms with Gasteiger partial charge in [0.2, 0.25) is 0 Å². The highest BCUT2D eigenvalue weighted by atomic mass is 79.9. The van der Waals surface area contributed by atoms with Gasteiger partial charge in [0.1, 0.15) is 0 Å². The number of hydrogen-bond acceptors (Lipinski definition) is 1. The smallest absolute Gasteiger partial charge is 0.0494 e. The Morgan fingerprint density at radius 3 is 2.77 bits per heavy atom. The average molecular weight is 249 g/mol. The number of alkyl halides is 1. The van der Waals surface area contributed by atoms with Crippen LogP contribution in [0.15, 0.2) is 0 Å². The molecular weight excluding hydrogens is 228 g/mol. The molecule has 0 aliphatic carbocycles. The lowest BCUT2D eigenvalue weighted by molar-refractivity contribution is 0.0507. The molecule has 0 saturated carbocycles. The van der Waals surface area contributed by atoms with Gasteiger partial charge in [0.25, 0.3) is 0 Å². The summed E-state index contributed by atoms with van der Waals surface area (Å²) in [5.41, 5.74) is 0. The van der Waals surface area contributed by atoms with E-state index in [1.54, 1.807) is 0 Å². The Hall–Kier alpha value is 0.440. The average Bonchev–Trinajstić information content (AvgIpc) is 2.15. The summed E-state index contributed by atoms with van der Waals surface area (Å²) in [6, 6.07) is 0. The molecule has 0 aromatic rings. The first-order valence-corrected chi connectivity index (χ1v) is 6.33. The number of rotatable bonds is 4. The van der Waals surface area contributed by atoms with Gasteiger partial charge >= 0.3 is 0 Å². The third kappa shape index (κ3) is 4.46. The second-order valence-electron chi connectivity index (χ2n) is 4.42. The second-order valence-corrected chi connectivity index (χ2v) is 5.60. The molecule has 78 valence electrons. The Balaban J connectivity index is 2.10. The predicted molar refractivity (Wildman–Crippen MR) is 60.3 cm³/mol. The molecule has 0 N–H and O–H groups in total. The minimum Gasteiger partial charge on any atom is -0.381 e. The van der Waals surface area contributed by atoms with E-state index in [-0.39, 0.29) is 0 Å². The van der Waals surface area contributed by atoms with Crippen LogP contribution in [0.3, 0.4) is 0 Å². The van der Waals surface area contributed by atoms with Crippen LogP contribution in [-0.4, -0.2) is 18.0 Å². The van der Waals surface area contributed by atoms with Crippen LogP contribution in [0.1, 0.15) is 39.5 Å². The number of ether oxygens (including phenoxy) is 1. The third-order valence-electron chi connectivity index (χ3n) is 2.83. The van der Waals surface area contributed by atoms with Gasteiger partial charge in [-0.3, -0.25) is 0 Å². The van der Waals surface area contributed by atoms with Gasteiger partial charge in [-0.05, 0) is 37.5 Å². The summed E-state index contributed by atoms with van der Waals surface area (Å²) < 4.78 is 5.46. The first-order chi connectivity index (χ1) is 6.20. The SMILES string of the molecule is CC(C)C(Br)CCC1CCCOC1. The minimum atomic E-state index is 0.689. The van der Waals surface area contributed by atoms with Crippen molar-refractivity contribution in [3.63, 3.8) is 0 Å². The molecular formula is C11H21BrO. The molecule has 1 fully saturated rings. The van der Waals surface area contributed by atoms with Gasteiger partial charge in [-0.15, -0.1) is 0 Å². The summed E-state index contributed by atoms with van der Waals surface area (Å²) in [5.74, 6) is 1.58. The van der Waals surface area contributed by atoms with Crippen molar-refractivity contribution in [1.82, 2.24) is 0 Å². The van der Waals surface area contributed by atoms with Crippen molar-refractivity contribution < 1.29 is 4.74 Å². The quantitative estimate of drug-likeness (QED) is 0.691. The molecule has 1 nitrogen and oxygen atoms in total. The topological polar surface area (TPSA) is 9.23 Å². The van der Waals surface area contributed by atoms with Gasteiger partial charge in [-0.25, -0.2) is 0 Å². The van der Waals surface area contributed by atoms with E-state index in [9.17, 15) is 0 Å².